The summed E-state index contributed by atoms with van der Waals surface area (Å²) in [5.74, 6) is -0.475. The predicted octanol–water partition coefficient (Wildman–Crippen LogP) is 0.214. The molecule has 1 saturated heterocycles. The summed E-state index contributed by atoms with van der Waals surface area (Å²) < 4.78 is 13.7. The molecule has 4 heteroatoms. The molecule has 1 aliphatic rings. The van der Waals surface area contributed by atoms with E-state index in [0.29, 0.717) is 13.0 Å². The molecular formula is C8H15FN2O. The smallest absolute Gasteiger partial charge is 0.259 e. The van der Waals surface area contributed by atoms with Crippen molar-refractivity contribution in [3.63, 3.8) is 0 Å². The topological polar surface area (TPSA) is 41.1 Å². The number of piperidine rings is 1. The van der Waals surface area contributed by atoms with Gasteiger partial charge in [0.2, 0.25) is 5.67 Å². The average molecular weight is 174 g/mol. The SMILES string of the molecule is CCNC(=O)C1(F)CCCNC1. The highest BCUT2D eigenvalue weighted by Gasteiger charge is 2.39. The second-order valence-corrected chi connectivity index (χ2v) is 3.11. The Hall–Kier alpha value is -0.640. The Labute approximate surface area is 71.7 Å². The van der Waals surface area contributed by atoms with E-state index in [1.54, 1.807) is 6.92 Å². The van der Waals surface area contributed by atoms with Crippen LogP contribution in [0.25, 0.3) is 0 Å². The molecule has 12 heavy (non-hydrogen) atoms. The van der Waals surface area contributed by atoms with Crippen molar-refractivity contribution in [1.29, 1.82) is 0 Å². The van der Waals surface area contributed by atoms with Gasteiger partial charge in [-0.2, -0.15) is 0 Å². The Morgan fingerprint density at radius 3 is 3.00 bits per heavy atom. The number of carbonyl (C=O) groups excluding carboxylic acids is 1. The van der Waals surface area contributed by atoms with E-state index >= 15 is 0 Å². The van der Waals surface area contributed by atoms with Gasteiger partial charge in [-0.1, -0.05) is 0 Å². The lowest BCUT2D eigenvalue weighted by Crippen LogP contribution is -2.52. The molecule has 0 saturated carbocycles. The molecule has 1 amide bonds. The fraction of sp³-hybridized carbons (Fsp3) is 0.875. The lowest BCUT2D eigenvalue weighted by molar-refractivity contribution is -0.133. The lowest BCUT2D eigenvalue weighted by atomic mass is 9.95. The molecule has 1 rings (SSSR count). The number of rotatable bonds is 2. The van der Waals surface area contributed by atoms with Gasteiger partial charge in [0.25, 0.3) is 5.91 Å². The number of alkyl halides is 1. The first-order valence-electron chi connectivity index (χ1n) is 4.37. The van der Waals surface area contributed by atoms with Crippen molar-refractivity contribution in [2.45, 2.75) is 25.4 Å². The summed E-state index contributed by atoms with van der Waals surface area (Å²) in [4.78, 5) is 11.2. The van der Waals surface area contributed by atoms with Crippen molar-refractivity contribution in [2.75, 3.05) is 19.6 Å². The molecule has 0 aromatic rings. The normalized spacial score (nSPS) is 29.8. The van der Waals surface area contributed by atoms with Crippen LogP contribution in [0.2, 0.25) is 0 Å². The van der Waals surface area contributed by atoms with E-state index in [9.17, 15) is 9.18 Å². The van der Waals surface area contributed by atoms with E-state index < -0.39 is 11.6 Å². The molecule has 1 fully saturated rings. The van der Waals surface area contributed by atoms with Crippen LogP contribution in [0.1, 0.15) is 19.8 Å². The van der Waals surface area contributed by atoms with E-state index in [-0.39, 0.29) is 6.54 Å². The van der Waals surface area contributed by atoms with Gasteiger partial charge in [-0.3, -0.25) is 4.79 Å². The minimum absolute atomic E-state index is 0.152. The van der Waals surface area contributed by atoms with Crippen molar-refractivity contribution < 1.29 is 9.18 Å². The van der Waals surface area contributed by atoms with Gasteiger partial charge in [-0.05, 0) is 26.3 Å². The van der Waals surface area contributed by atoms with Gasteiger partial charge in [0, 0.05) is 13.1 Å². The first-order chi connectivity index (χ1) is 5.69. The maximum atomic E-state index is 13.7. The zero-order valence-corrected chi connectivity index (χ0v) is 7.32. The fourth-order valence-corrected chi connectivity index (χ4v) is 1.38. The quantitative estimate of drug-likeness (QED) is 0.628. The predicted molar refractivity (Wildman–Crippen MR) is 44.6 cm³/mol. The van der Waals surface area contributed by atoms with E-state index in [1.165, 1.54) is 0 Å². The number of hydrogen-bond donors (Lipinski definition) is 2. The molecule has 0 aromatic heterocycles. The maximum absolute atomic E-state index is 13.7. The fourth-order valence-electron chi connectivity index (χ4n) is 1.38. The minimum Gasteiger partial charge on any atom is -0.354 e. The van der Waals surface area contributed by atoms with Gasteiger partial charge < -0.3 is 10.6 Å². The van der Waals surface area contributed by atoms with Gasteiger partial charge in [0.15, 0.2) is 0 Å². The third-order valence-corrected chi connectivity index (χ3v) is 2.08. The first-order valence-corrected chi connectivity index (χ1v) is 4.37. The summed E-state index contributed by atoms with van der Waals surface area (Å²) in [6, 6.07) is 0. The van der Waals surface area contributed by atoms with E-state index in [0.717, 1.165) is 13.0 Å². The molecule has 0 bridgehead atoms. The van der Waals surface area contributed by atoms with Crippen molar-refractivity contribution >= 4 is 5.91 Å². The van der Waals surface area contributed by atoms with Crippen molar-refractivity contribution in [3.8, 4) is 0 Å². The van der Waals surface area contributed by atoms with Gasteiger partial charge in [0.05, 0.1) is 0 Å². The molecule has 0 aliphatic carbocycles. The molecule has 0 radical (unpaired) electrons. The summed E-state index contributed by atoms with van der Waals surface area (Å²) in [6.07, 6.45) is 1.07. The molecule has 70 valence electrons. The molecule has 0 spiro atoms. The van der Waals surface area contributed by atoms with Crippen LogP contribution in [0.4, 0.5) is 4.39 Å². The number of carbonyl (C=O) groups is 1. The van der Waals surface area contributed by atoms with Crippen LogP contribution in [-0.2, 0) is 4.79 Å². The van der Waals surface area contributed by atoms with Gasteiger partial charge in [-0.25, -0.2) is 4.39 Å². The summed E-state index contributed by atoms with van der Waals surface area (Å²) in [5.41, 5.74) is -1.67. The summed E-state index contributed by atoms with van der Waals surface area (Å²) in [7, 11) is 0. The number of nitrogens with one attached hydrogen (secondary N) is 2. The Morgan fingerprint density at radius 1 is 1.75 bits per heavy atom. The van der Waals surface area contributed by atoms with Gasteiger partial charge >= 0.3 is 0 Å². The molecule has 1 heterocycles. The Bertz CT molecular complexity index is 166. The second kappa shape index (κ2) is 3.85. The zero-order chi connectivity index (χ0) is 9.03. The van der Waals surface area contributed by atoms with Crippen LogP contribution in [0.3, 0.4) is 0 Å². The van der Waals surface area contributed by atoms with Crippen LogP contribution in [0.15, 0.2) is 0 Å². The van der Waals surface area contributed by atoms with Crippen LogP contribution < -0.4 is 10.6 Å². The van der Waals surface area contributed by atoms with Gasteiger partial charge in [0.1, 0.15) is 0 Å². The average Bonchev–Trinajstić information content (AvgIpc) is 2.06. The molecule has 3 nitrogen and oxygen atoms in total. The Kier molecular flexibility index (Phi) is 3.03. The van der Waals surface area contributed by atoms with Crippen LogP contribution in [0, 0.1) is 0 Å². The molecule has 1 unspecified atom stereocenters. The first kappa shape index (κ1) is 9.45. The monoisotopic (exact) mass is 174 g/mol. The van der Waals surface area contributed by atoms with Crippen molar-refractivity contribution in [2.24, 2.45) is 0 Å². The second-order valence-electron chi connectivity index (χ2n) is 3.11. The Morgan fingerprint density at radius 2 is 2.50 bits per heavy atom. The molecule has 1 atom stereocenters. The van der Waals surface area contributed by atoms with E-state index in [4.69, 9.17) is 0 Å². The van der Waals surface area contributed by atoms with Crippen LogP contribution in [-0.4, -0.2) is 31.2 Å². The van der Waals surface area contributed by atoms with Crippen LogP contribution in [0.5, 0.6) is 0 Å². The third kappa shape index (κ3) is 1.94. The molecule has 2 N–H and O–H groups in total. The van der Waals surface area contributed by atoms with Crippen molar-refractivity contribution in [1.82, 2.24) is 10.6 Å². The highest BCUT2D eigenvalue weighted by atomic mass is 19.1. The largest absolute Gasteiger partial charge is 0.354 e. The maximum Gasteiger partial charge on any atom is 0.259 e. The van der Waals surface area contributed by atoms with Gasteiger partial charge in [-0.15, -0.1) is 0 Å². The molecule has 1 aliphatic heterocycles. The summed E-state index contributed by atoms with van der Waals surface area (Å²) >= 11 is 0. The number of hydrogen-bond acceptors (Lipinski definition) is 2. The standard InChI is InChI=1S/C8H15FN2O/c1-2-11-7(12)8(9)4-3-5-10-6-8/h10H,2-6H2,1H3,(H,11,12). The summed E-state index contributed by atoms with van der Waals surface area (Å²) in [5, 5.41) is 5.38. The van der Waals surface area contributed by atoms with E-state index in [1.807, 2.05) is 0 Å². The molecule has 0 aromatic carbocycles. The minimum atomic E-state index is -1.67. The summed E-state index contributed by atoms with van der Waals surface area (Å²) in [6.45, 7) is 3.24. The van der Waals surface area contributed by atoms with Crippen molar-refractivity contribution in [3.05, 3.63) is 0 Å². The highest BCUT2D eigenvalue weighted by Crippen LogP contribution is 2.20. The zero-order valence-electron chi connectivity index (χ0n) is 7.32. The molecular weight excluding hydrogens is 159 g/mol. The highest BCUT2D eigenvalue weighted by molar-refractivity contribution is 5.85. The Balaban J connectivity index is 2.50. The number of amides is 1. The lowest BCUT2D eigenvalue weighted by Gasteiger charge is -2.28. The third-order valence-electron chi connectivity index (χ3n) is 2.08. The van der Waals surface area contributed by atoms with Crippen LogP contribution >= 0.6 is 0 Å². The number of halogens is 1. The van der Waals surface area contributed by atoms with E-state index in [2.05, 4.69) is 10.6 Å².